The van der Waals surface area contributed by atoms with Crippen LogP contribution in [0, 0.1) is 10.1 Å². The van der Waals surface area contributed by atoms with Gasteiger partial charge in [0, 0.05) is 29.8 Å². The molecule has 0 radical (unpaired) electrons. The summed E-state index contributed by atoms with van der Waals surface area (Å²) >= 11 is 0. The molecule has 0 unspecified atom stereocenters. The Balaban J connectivity index is 2.05. The summed E-state index contributed by atoms with van der Waals surface area (Å²) in [6, 6.07) is 5.24. The van der Waals surface area contributed by atoms with Gasteiger partial charge in [0.25, 0.3) is 5.69 Å². The van der Waals surface area contributed by atoms with E-state index >= 15 is 0 Å². The molecule has 1 N–H and O–H groups in total. The third-order valence-corrected chi connectivity index (χ3v) is 3.96. The largest absolute Gasteiger partial charge is 0.384 e. The maximum absolute atomic E-state index is 10.7. The van der Waals surface area contributed by atoms with Gasteiger partial charge in [0.15, 0.2) is 0 Å². The van der Waals surface area contributed by atoms with Crippen molar-refractivity contribution < 1.29 is 4.92 Å². The maximum atomic E-state index is 10.7. The summed E-state index contributed by atoms with van der Waals surface area (Å²) in [7, 11) is 0. The molecule has 1 aliphatic carbocycles. The highest BCUT2D eigenvalue weighted by molar-refractivity contribution is 5.64. The molecule has 1 aromatic carbocycles. The van der Waals surface area contributed by atoms with Gasteiger partial charge in [-0.1, -0.05) is 12.8 Å². The molecule has 2 aliphatic rings. The van der Waals surface area contributed by atoms with Crippen LogP contribution in [-0.2, 0) is 5.41 Å². The van der Waals surface area contributed by atoms with Gasteiger partial charge in [0.05, 0.1) is 4.92 Å². The zero-order valence-corrected chi connectivity index (χ0v) is 9.03. The first-order chi connectivity index (χ1) is 7.71. The molecule has 1 heterocycles. The van der Waals surface area contributed by atoms with Gasteiger partial charge in [-0.3, -0.25) is 10.1 Å². The average Bonchev–Trinajstić information content (AvgIpc) is 2.88. The van der Waals surface area contributed by atoms with Gasteiger partial charge < -0.3 is 5.32 Å². The van der Waals surface area contributed by atoms with E-state index in [2.05, 4.69) is 5.32 Å². The molecule has 84 valence electrons. The van der Waals surface area contributed by atoms with Crippen LogP contribution < -0.4 is 5.32 Å². The van der Waals surface area contributed by atoms with Crippen molar-refractivity contribution >= 4 is 11.4 Å². The van der Waals surface area contributed by atoms with E-state index < -0.39 is 0 Å². The number of nitrogens with zero attached hydrogens (tertiary/aromatic N) is 1. The number of nitro groups is 1. The van der Waals surface area contributed by atoms with Gasteiger partial charge in [0.1, 0.15) is 0 Å². The lowest BCUT2D eigenvalue weighted by Gasteiger charge is -2.22. The van der Waals surface area contributed by atoms with E-state index in [1.807, 2.05) is 6.07 Å². The minimum Gasteiger partial charge on any atom is -0.384 e. The van der Waals surface area contributed by atoms with Crippen LogP contribution in [0.5, 0.6) is 0 Å². The number of nitrogens with one attached hydrogen (secondary N) is 1. The van der Waals surface area contributed by atoms with Gasteiger partial charge in [-0.25, -0.2) is 0 Å². The van der Waals surface area contributed by atoms with Gasteiger partial charge in [-0.15, -0.1) is 0 Å². The van der Waals surface area contributed by atoms with E-state index in [0.29, 0.717) is 0 Å². The molecule has 1 fully saturated rings. The van der Waals surface area contributed by atoms with Crippen LogP contribution in [0.4, 0.5) is 11.4 Å². The third kappa shape index (κ3) is 1.22. The quantitative estimate of drug-likeness (QED) is 0.582. The van der Waals surface area contributed by atoms with Crippen LogP contribution in [0.3, 0.4) is 0 Å². The predicted molar refractivity (Wildman–Crippen MR) is 61.7 cm³/mol. The molecule has 16 heavy (non-hydrogen) atoms. The Bertz CT molecular complexity index is 450. The van der Waals surface area contributed by atoms with Crippen molar-refractivity contribution in [2.75, 3.05) is 11.9 Å². The molecule has 0 atom stereocenters. The first-order valence-electron chi connectivity index (χ1n) is 5.74. The summed E-state index contributed by atoms with van der Waals surface area (Å²) in [4.78, 5) is 10.4. The molecular formula is C12H14N2O2. The Kier molecular flexibility index (Phi) is 1.93. The van der Waals surface area contributed by atoms with Crippen molar-refractivity contribution in [3.05, 3.63) is 33.9 Å². The SMILES string of the molecule is O=[N+]([O-])c1ccc2c(c1)NCC21CCCC1. The smallest absolute Gasteiger partial charge is 0.271 e. The second-order valence-corrected chi connectivity index (χ2v) is 4.83. The minimum atomic E-state index is -0.332. The summed E-state index contributed by atoms with van der Waals surface area (Å²) in [6.07, 6.45) is 4.98. The lowest BCUT2D eigenvalue weighted by atomic mass is 9.81. The van der Waals surface area contributed by atoms with Crippen LogP contribution in [0.2, 0.25) is 0 Å². The summed E-state index contributed by atoms with van der Waals surface area (Å²) in [5.74, 6) is 0. The summed E-state index contributed by atoms with van der Waals surface area (Å²) in [5.41, 5.74) is 2.71. The second kappa shape index (κ2) is 3.20. The fraction of sp³-hybridized carbons (Fsp3) is 0.500. The third-order valence-electron chi connectivity index (χ3n) is 3.96. The lowest BCUT2D eigenvalue weighted by Crippen LogP contribution is -2.23. The Morgan fingerprint density at radius 3 is 2.75 bits per heavy atom. The molecule has 1 saturated carbocycles. The summed E-state index contributed by atoms with van der Waals surface area (Å²) < 4.78 is 0. The normalized spacial score (nSPS) is 20.8. The Morgan fingerprint density at radius 2 is 2.06 bits per heavy atom. The van der Waals surface area contributed by atoms with Crippen molar-refractivity contribution in [1.82, 2.24) is 0 Å². The number of nitro benzene ring substituents is 1. The minimum absolute atomic E-state index is 0.182. The van der Waals surface area contributed by atoms with Crippen LogP contribution >= 0.6 is 0 Å². The molecule has 0 amide bonds. The van der Waals surface area contributed by atoms with E-state index in [0.717, 1.165) is 12.2 Å². The fourth-order valence-electron chi connectivity index (χ4n) is 3.11. The van der Waals surface area contributed by atoms with E-state index in [-0.39, 0.29) is 16.0 Å². The second-order valence-electron chi connectivity index (χ2n) is 4.83. The number of benzene rings is 1. The first kappa shape index (κ1) is 9.63. The monoisotopic (exact) mass is 218 g/mol. The van der Waals surface area contributed by atoms with E-state index in [4.69, 9.17) is 0 Å². The Labute approximate surface area is 93.8 Å². The summed E-state index contributed by atoms with van der Waals surface area (Å²) in [5, 5.41) is 14.0. The first-order valence-corrected chi connectivity index (χ1v) is 5.74. The van der Waals surface area contributed by atoms with Crippen LogP contribution in [0.15, 0.2) is 18.2 Å². The maximum Gasteiger partial charge on any atom is 0.271 e. The average molecular weight is 218 g/mol. The topological polar surface area (TPSA) is 55.2 Å². The van der Waals surface area contributed by atoms with E-state index in [1.54, 1.807) is 12.1 Å². The zero-order valence-electron chi connectivity index (χ0n) is 9.03. The number of hydrogen-bond acceptors (Lipinski definition) is 3. The van der Waals surface area contributed by atoms with Gasteiger partial charge >= 0.3 is 0 Å². The molecular weight excluding hydrogens is 204 g/mol. The molecule has 0 saturated heterocycles. The molecule has 0 aromatic heterocycles. The van der Waals surface area contributed by atoms with Crippen LogP contribution in [-0.4, -0.2) is 11.5 Å². The van der Waals surface area contributed by atoms with Crippen molar-refractivity contribution in [3.63, 3.8) is 0 Å². The van der Waals surface area contributed by atoms with Gasteiger partial charge in [-0.2, -0.15) is 0 Å². The lowest BCUT2D eigenvalue weighted by molar-refractivity contribution is -0.384. The van der Waals surface area contributed by atoms with Gasteiger partial charge in [0.2, 0.25) is 0 Å². The molecule has 0 bridgehead atoms. The Morgan fingerprint density at radius 1 is 1.31 bits per heavy atom. The van der Waals surface area contributed by atoms with Crippen molar-refractivity contribution in [2.45, 2.75) is 31.1 Å². The number of non-ortho nitro benzene ring substituents is 1. The van der Waals surface area contributed by atoms with E-state index in [1.165, 1.54) is 31.2 Å². The molecule has 1 aromatic rings. The number of anilines is 1. The zero-order chi connectivity index (χ0) is 11.2. The standard InChI is InChI=1S/C12H14N2O2/c15-14(16)9-3-4-10-11(7-9)13-8-12(10)5-1-2-6-12/h3-4,7,13H,1-2,5-6,8H2. The van der Waals surface area contributed by atoms with E-state index in [9.17, 15) is 10.1 Å². The molecule has 4 nitrogen and oxygen atoms in total. The van der Waals surface area contributed by atoms with Crippen molar-refractivity contribution in [2.24, 2.45) is 0 Å². The predicted octanol–water partition coefficient (Wildman–Crippen LogP) is 2.83. The number of hydrogen-bond donors (Lipinski definition) is 1. The van der Waals surface area contributed by atoms with Crippen molar-refractivity contribution in [3.8, 4) is 0 Å². The fourth-order valence-corrected chi connectivity index (χ4v) is 3.11. The highest BCUT2D eigenvalue weighted by Crippen LogP contribution is 2.48. The molecule has 3 rings (SSSR count). The van der Waals surface area contributed by atoms with Crippen LogP contribution in [0.25, 0.3) is 0 Å². The molecule has 1 aliphatic heterocycles. The summed E-state index contributed by atoms with van der Waals surface area (Å²) in [6.45, 7) is 0.948. The number of rotatable bonds is 1. The van der Waals surface area contributed by atoms with Crippen molar-refractivity contribution in [1.29, 1.82) is 0 Å². The highest BCUT2D eigenvalue weighted by Gasteiger charge is 2.41. The number of fused-ring (bicyclic) bond motifs is 2. The Hall–Kier alpha value is -1.58. The van der Waals surface area contributed by atoms with Gasteiger partial charge in [-0.05, 0) is 24.5 Å². The molecule has 1 spiro atoms. The van der Waals surface area contributed by atoms with Crippen LogP contribution in [0.1, 0.15) is 31.2 Å². The molecule has 4 heteroatoms. The highest BCUT2D eigenvalue weighted by atomic mass is 16.6.